The highest BCUT2D eigenvalue weighted by Crippen LogP contribution is 2.40. The molecular weight excluding hydrogens is 222 g/mol. The molecule has 3 unspecified atom stereocenters. The fourth-order valence-corrected chi connectivity index (χ4v) is 3.28. The molecule has 3 atom stereocenters. The second kappa shape index (κ2) is 4.93. The lowest BCUT2D eigenvalue weighted by Gasteiger charge is -2.15. The zero-order chi connectivity index (χ0) is 12.5. The van der Waals surface area contributed by atoms with Crippen molar-refractivity contribution in [2.24, 2.45) is 5.92 Å². The van der Waals surface area contributed by atoms with E-state index in [1.165, 1.54) is 43.2 Å². The number of benzene rings is 1. The molecule has 0 saturated heterocycles. The van der Waals surface area contributed by atoms with Gasteiger partial charge in [-0.15, -0.1) is 0 Å². The van der Waals surface area contributed by atoms with Gasteiger partial charge in [0.1, 0.15) is 5.75 Å². The van der Waals surface area contributed by atoms with Gasteiger partial charge in [-0.3, -0.25) is 0 Å². The monoisotopic (exact) mass is 245 g/mol. The van der Waals surface area contributed by atoms with Crippen LogP contribution in [0.2, 0.25) is 0 Å². The second-order valence-electron chi connectivity index (χ2n) is 5.71. The molecule has 2 nitrogen and oxygen atoms in total. The molecule has 0 bridgehead atoms. The van der Waals surface area contributed by atoms with Crippen molar-refractivity contribution in [1.82, 2.24) is 5.32 Å². The fourth-order valence-electron chi connectivity index (χ4n) is 3.28. The van der Waals surface area contributed by atoms with Crippen molar-refractivity contribution in [1.29, 1.82) is 0 Å². The molecule has 18 heavy (non-hydrogen) atoms. The number of nitrogens with one attached hydrogen (secondary N) is 1. The van der Waals surface area contributed by atoms with E-state index < -0.39 is 0 Å². The lowest BCUT2D eigenvalue weighted by atomic mass is 10.1. The smallest absolute Gasteiger partial charge is 0.119 e. The Morgan fingerprint density at radius 3 is 3.06 bits per heavy atom. The molecule has 1 saturated carbocycles. The van der Waals surface area contributed by atoms with Crippen LogP contribution >= 0.6 is 0 Å². The number of hydrogen-bond acceptors (Lipinski definition) is 2. The molecule has 0 aliphatic heterocycles. The third-order valence-electron chi connectivity index (χ3n) is 4.43. The number of methoxy groups -OCH3 is 1. The Bertz CT molecular complexity index is 429. The van der Waals surface area contributed by atoms with E-state index in [0.29, 0.717) is 6.04 Å². The Morgan fingerprint density at radius 1 is 1.39 bits per heavy atom. The molecule has 98 valence electrons. The van der Waals surface area contributed by atoms with Crippen LogP contribution in [0.5, 0.6) is 5.75 Å². The summed E-state index contributed by atoms with van der Waals surface area (Å²) < 4.78 is 5.34. The maximum absolute atomic E-state index is 5.34. The first-order valence-electron chi connectivity index (χ1n) is 7.24. The van der Waals surface area contributed by atoms with Crippen LogP contribution in [0.3, 0.4) is 0 Å². The number of aryl methyl sites for hydroxylation is 1. The van der Waals surface area contributed by atoms with Gasteiger partial charge >= 0.3 is 0 Å². The summed E-state index contributed by atoms with van der Waals surface area (Å²) in [7, 11) is 1.75. The molecule has 0 amide bonds. The van der Waals surface area contributed by atoms with Crippen molar-refractivity contribution in [3.05, 3.63) is 29.3 Å². The molecule has 1 fully saturated rings. The summed E-state index contributed by atoms with van der Waals surface area (Å²) in [5.74, 6) is 1.92. The quantitative estimate of drug-likeness (QED) is 0.857. The van der Waals surface area contributed by atoms with Gasteiger partial charge in [-0.05, 0) is 54.9 Å². The summed E-state index contributed by atoms with van der Waals surface area (Å²) in [4.78, 5) is 0. The number of hydrogen-bond donors (Lipinski definition) is 1. The first-order chi connectivity index (χ1) is 8.81. The molecular formula is C16H23NO. The van der Waals surface area contributed by atoms with E-state index >= 15 is 0 Å². The predicted octanol–water partition coefficient (Wildman–Crippen LogP) is 3.46. The third kappa shape index (κ3) is 2.26. The lowest BCUT2D eigenvalue weighted by molar-refractivity contribution is 0.413. The Morgan fingerprint density at radius 2 is 2.28 bits per heavy atom. The van der Waals surface area contributed by atoms with Gasteiger partial charge in [0.25, 0.3) is 0 Å². The Hall–Kier alpha value is -1.02. The highest BCUT2D eigenvalue weighted by molar-refractivity contribution is 5.41. The van der Waals surface area contributed by atoms with Gasteiger partial charge in [-0.2, -0.15) is 0 Å². The minimum absolute atomic E-state index is 0.557. The van der Waals surface area contributed by atoms with E-state index in [9.17, 15) is 0 Å². The lowest BCUT2D eigenvalue weighted by Crippen LogP contribution is -2.23. The van der Waals surface area contributed by atoms with Crippen molar-refractivity contribution in [3.63, 3.8) is 0 Å². The summed E-state index contributed by atoms with van der Waals surface area (Å²) >= 11 is 0. The predicted molar refractivity (Wildman–Crippen MR) is 74.0 cm³/mol. The molecule has 3 rings (SSSR count). The first-order valence-corrected chi connectivity index (χ1v) is 7.24. The number of fused-ring (bicyclic) bond motifs is 1. The largest absolute Gasteiger partial charge is 0.497 e. The third-order valence-corrected chi connectivity index (χ3v) is 4.43. The van der Waals surface area contributed by atoms with Crippen molar-refractivity contribution < 1.29 is 4.74 Å². The highest BCUT2D eigenvalue weighted by Gasteiger charge is 2.38. The zero-order valence-electron chi connectivity index (χ0n) is 11.4. The Balaban J connectivity index is 1.67. The van der Waals surface area contributed by atoms with Crippen molar-refractivity contribution in [2.75, 3.05) is 7.11 Å². The standard InChI is InChI=1S/C16H23NO/c1-3-4-12-9-16(12)17-15-8-6-11-5-7-13(18-2)10-14(11)15/h5,7,10,12,15-17H,3-4,6,8-9H2,1-2H3. The number of rotatable bonds is 5. The van der Waals surface area contributed by atoms with Crippen LogP contribution in [-0.4, -0.2) is 13.2 Å². The van der Waals surface area contributed by atoms with Crippen LogP contribution in [0.15, 0.2) is 18.2 Å². The molecule has 0 radical (unpaired) electrons. The van der Waals surface area contributed by atoms with E-state index in [1.807, 2.05) is 0 Å². The van der Waals surface area contributed by atoms with Gasteiger partial charge < -0.3 is 10.1 Å². The van der Waals surface area contributed by atoms with E-state index in [2.05, 4.69) is 30.4 Å². The number of ether oxygens (including phenoxy) is 1. The van der Waals surface area contributed by atoms with E-state index in [4.69, 9.17) is 4.74 Å². The molecule has 1 aromatic rings. The molecule has 1 N–H and O–H groups in total. The van der Waals surface area contributed by atoms with E-state index in [1.54, 1.807) is 7.11 Å². The van der Waals surface area contributed by atoms with Crippen LogP contribution < -0.4 is 10.1 Å². The van der Waals surface area contributed by atoms with E-state index in [-0.39, 0.29) is 0 Å². The van der Waals surface area contributed by atoms with Crippen LogP contribution in [0.1, 0.15) is 49.8 Å². The SMILES string of the molecule is CCCC1CC1NC1CCc2ccc(OC)cc21. The highest BCUT2D eigenvalue weighted by atomic mass is 16.5. The fraction of sp³-hybridized carbons (Fsp3) is 0.625. The maximum atomic E-state index is 5.34. The maximum Gasteiger partial charge on any atom is 0.119 e. The molecule has 1 aromatic carbocycles. The molecule has 0 spiro atoms. The van der Waals surface area contributed by atoms with Crippen molar-refractivity contribution >= 4 is 0 Å². The topological polar surface area (TPSA) is 21.3 Å². The van der Waals surface area contributed by atoms with Gasteiger partial charge in [-0.1, -0.05) is 19.4 Å². The van der Waals surface area contributed by atoms with Crippen molar-refractivity contribution in [3.8, 4) is 5.75 Å². The average molecular weight is 245 g/mol. The molecule has 2 aliphatic carbocycles. The second-order valence-corrected chi connectivity index (χ2v) is 5.71. The molecule has 2 heteroatoms. The molecule has 2 aliphatic rings. The summed E-state index contributed by atoms with van der Waals surface area (Å²) in [6, 6.07) is 7.86. The van der Waals surface area contributed by atoms with Crippen LogP contribution in [0.4, 0.5) is 0 Å². The van der Waals surface area contributed by atoms with Crippen molar-refractivity contribution in [2.45, 2.75) is 51.1 Å². The zero-order valence-corrected chi connectivity index (χ0v) is 11.4. The molecule has 0 aromatic heterocycles. The van der Waals surface area contributed by atoms with Crippen LogP contribution in [0.25, 0.3) is 0 Å². The Kier molecular flexibility index (Phi) is 3.29. The minimum Gasteiger partial charge on any atom is -0.497 e. The molecule has 0 heterocycles. The summed E-state index contributed by atoms with van der Waals surface area (Å²) in [5.41, 5.74) is 2.97. The van der Waals surface area contributed by atoms with Crippen LogP contribution in [0, 0.1) is 5.92 Å². The van der Waals surface area contributed by atoms with Gasteiger partial charge in [0.2, 0.25) is 0 Å². The van der Waals surface area contributed by atoms with Gasteiger partial charge in [0.15, 0.2) is 0 Å². The summed E-state index contributed by atoms with van der Waals surface area (Å²) in [6.07, 6.45) is 6.54. The normalized spacial score (nSPS) is 29.1. The average Bonchev–Trinajstić information content (AvgIpc) is 2.99. The van der Waals surface area contributed by atoms with Gasteiger partial charge in [0.05, 0.1) is 7.11 Å². The first kappa shape index (κ1) is 12.0. The summed E-state index contributed by atoms with van der Waals surface area (Å²) in [5, 5.41) is 3.84. The van der Waals surface area contributed by atoms with Gasteiger partial charge in [0, 0.05) is 12.1 Å². The summed E-state index contributed by atoms with van der Waals surface area (Å²) in [6.45, 7) is 2.28. The van der Waals surface area contributed by atoms with Gasteiger partial charge in [-0.25, -0.2) is 0 Å². The van der Waals surface area contributed by atoms with Crippen LogP contribution in [-0.2, 0) is 6.42 Å². The Labute approximate surface area is 110 Å². The minimum atomic E-state index is 0.557. The van der Waals surface area contributed by atoms with E-state index in [0.717, 1.165) is 17.7 Å².